The van der Waals surface area contributed by atoms with E-state index in [1.165, 1.54) is 24.3 Å². The zero-order valence-electron chi connectivity index (χ0n) is 9.95. The van der Waals surface area contributed by atoms with Gasteiger partial charge in [-0.25, -0.2) is 13.6 Å². The Labute approximate surface area is 107 Å². The Morgan fingerprint density at radius 3 is 2.11 bits per heavy atom. The number of rotatable bonds is 5. The molecule has 1 rings (SSSR count). The van der Waals surface area contributed by atoms with Crippen molar-refractivity contribution in [2.24, 2.45) is 10.9 Å². The van der Waals surface area contributed by atoms with Crippen molar-refractivity contribution in [2.45, 2.75) is 4.90 Å². The van der Waals surface area contributed by atoms with Gasteiger partial charge in [0.25, 0.3) is 0 Å². The van der Waals surface area contributed by atoms with Crippen molar-refractivity contribution >= 4 is 15.7 Å². The number of hydrogen-bond donors (Lipinski definition) is 4. The molecule has 1 aromatic rings. The van der Waals surface area contributed by atoms with Crippen LogP contribution in [-0.4, -0.2) is 39.9 Å². The third-order valence-corrected chi connectivity index (χ3v) is 2.64. The Balaban J connectivity index is 0.000000360. The fraction of sp³-hybridized carbons (Fsp3) is 0.400. The summed E-state index contributed by atoms with van der Waals surface area (Å²) in [6, 6.07) is 5.70. The second-order valence-electron chi connectivity index (χ2n) is 3.24. The molecule has 0 atom stereocenters. The average molecular weight is 277 g/mol. The van der Waals surface area contributed by atoms with Gasteiger partial charge >= 0.3 is 0 Å². The summed E-state index contributed by atoms with van der Waals surface area (Å²) in [6.45, 7) is 1.55. The molecule has 0 aliphatic heterocycles. The summed E-state index contributed by atoms with van der Waals surface area (Å²) >= 11 is 0. The van der Waals surface area contributed by atoms with E-state index in [-0.39, 0.29) is 11.5 Å². The predicted molar refractivity (Wildman–Crippen MR) is 69.2 cm³/mol. The number of nitrogens with two attached hydrogens (primary N) is 3. The monoisotopic (exact) mass is 277 g/mol. The number of sulfonamides is 1. The van der Waals surface area contributed by atoms with E-state index in [4.69, 9.17) is 26.4 Å². The summed E-state index contributed by atoms with van der Waals surface area (Å²) in [4.78, 5) is 0.0756. The SMILES string of the molecule is NCCOCCO.Nc1ccc(S(N)(=O)=O)cc1. The molecule has 7 nitrogen and oxygen atoms in total. The molecular weight excluding hydrogens is 258 g/mol. The molecule has 0 unspecified atom stereocenters. The number of hydrogen-bond acceptors (Lipinski definition) is 6. The quantitative estimate of drug-likeness (QED) is 0.396. The van der Waals surface area contributed by atoms with Gasteiger partial charge in [0.2, 0.25) is 10.0 Å². The van der Waals surface area contributed by atoms with Gasteiger partial charge in [0, 0.05) is 12.2 Å². The summed E-state index contributed by atoms with van der Waals surface area (Å²) in [5.74, 6) is 0. The highest BCUT2D eigenvalue weighted by atomic mass is 32.2. The number of anilines is 1. The lowest BCUT2D eigenvalue weighted by atomic mass is 10.3. The third kappa shape index (κ3) is 7.98. The van der Waals surface area contributed by atoms with Crippen LogP contribution in [0.25, 0.3) is 0 Å². The normalized spacial score (nSPS) is 10.6. The first kappa shape index (κ1) is 16.8. The smallest absolute Gasteiger partial charge is 0.238 e. The maximum Gasteiger partial charge on any atom is 0.238 e. The lowest BCUT2D eigenvalue weighted by molar-refractivity contribution is 0.0976. The molecule has 8 heteroatoms. The van der Waals surface area contributed by atoms with E-state index >= 15 is 0 Å². The summed E-state index contributed by atoms with van der Waals surface area (Å²) in [6.07, 6.45) is 0. The molecular formula is C10H19N3O4S. The Kier molecular flexibility index (Phi) is 8.25. The van der Waals surface area contributed by atoms with Gasteiger partial charge < -0.3 is 21.3 Å². The van der Waals surface area contributed by atoms with Crippen LogP contribution in [0.5, 0.6) is 0 Å². The molecule has 1 aromatic carbocycles. The minimum absolute atomic E-state index is 0.0756. The van der Waals surface area contributed by atoms with Crippen LogP contribution in [0.3, 0.4) is 0 Å². The molecule has 0 saturated heterocycles. The first-order valence-electron chi connectivity index (χ1n) is 5.19. The second kappa shape index (κ2) is 8.84. The number of benzene rings is 1. The second-order valence-corrected chi connectivity index (χ2v) is 4.80. The van der Waals surface area contributed by atoms with Crippen molar-refractivity contribution < 1.29 is 18.3 Å². The molecule has 0 aliphatic rings. The molecule has 0 heterocycles. The minimum atomic E-state index is -3.58. The number of ether oxygens (including phenoxy) is 1. The van der Waals surface area contributed by atoms with Crippen molar-refractivity contribution in [3.63, 3.8) is 0 Å². The van der Waals surface area contributed by atoms with Gasteiger partial charge in [0.15, 0.2) is 0 Å². The van der Waals surface area contributed by atoms with Gasteiger partial charge in [-0.1, -0.05) is 0 Å². The molecule has 0 saturated carbocycles. The first-order chi connectivity index (χ1) is 8.41. The number of primary sulfonamides is 1. The van der Waals surface area contributed by atoms with Gasteiger partial charge in [-0.15, -0.1) is 0 Å². The lowest BCUT2D eigenvalue weighted by Gasteiger charge is -1.96. The Morgan fingerprint density at radius 2 is 1.72 bits per heavy atom. The zero-order valence-corrected chi connectivity index (χ0v) is 10.8. The topological polar surface area (TPSA) is 142 Å². The van der Waals surface area contributed by atoms with Crippen molar-refractivity contribution in [2.75, 3.05) is 32.1 Å². The fourth-order valence-electron chi connectivity index (χ4n) is 0.907. The van der Waals surface area contributed by atoms with E-state index in [1.54, 1.807) is 0 Å². The summed E-state index contributed by atoms with van der Waals surface area (Å²) in [5, 5.41) is 13.0. The van der Waals surface area contributed by atoms with Crippen molar-refractivity contribution in [3.05, 3.63) is 24.3 Å². The Morgan fingerprint density at radius 1 is 1.17 bits per heavy atom. The standard InChI is InChI=1S/C6H8N2O2S.C4H11NO2/c7-5-1-3-6(4-2-5)11(8,9)10;5-1-3-7-4-2-6/h1-4H,7H2,(H2,8,9,10);6H,1-5H2. The van der Waals surface area contributed by atoms with Crippen molar-refractivity contribution in [1.29, 1.82) is 0 Å². The zero-order chi connectivity index (χ0) is 14.0. The van der Waals surface area contributed by atoms with Crippen LogP contribution in [0.4, 0.5) is 5.69 Å². The van der Waals surface area contributed by atoms with Gasteiger partial charge in [-0.2, -0.15) is 0 Å². The van der Waals surface area contributed by atoms with Crippen LogP contribution in [0.1, 0.15) is 0 Å². The maximum absolute atomic E-state index is 10.7. The molecule has 0 aliphatic carbocycles. The molecule has 7 N–H and O–H groups in total. The van der Waals surface area contributed by atoms with E-state index in [0.717, 1.165) is 0 Å². The van der Waals surface area contributed by atoms with Crippen molar-refractivity contribution in [3.8, 4) is 0 Å². The summed E-state index contributed by atoms with van der Waals surface area (Å²) in [7, 11) is -3.58. The van der Waals surface area contributed by atoms with Crippen LogP contribution in [0, 0.1) is 0 Å². The predicted octanol–water partition coefficient (Wildman–Crippen LogP) is -1.13. The fourth-order valence-corrected chi connectivity index (χ4v) is 1.42. The minimum Gasteiger partial charge on any atom is -0.399 e. The Bertz CT molecular complexity index is 415. The maximum atomic E-state index is 10.7. The van der Waals surface area contributed by atoms with Crippen LogP contribution in [-0.2, 0) is 14.8 Å². The van der Waals surface area contributed by atoms with Crippen LogP contribution < -0.4 is 16.6 Å². The van der Waals surface area contributed by atoms with Crippen LogP contribution >= 0.6 is 0 Å². The van der Waals surface area contributed by atoms with Gasteiger partial charge in [0.05, 0.1) is 24.7 Å². The van der Waals surface area contributed by atoms with Gasteiger partial charge in [0.1, 0.15) is 0 Å². The third-order valence-electron chi connectivity index (χ3n) is 1.71. The van der Waals surface area contributed by atoms with E-state index in [0.29, 0.717) is 25.4 Å². The number of aliphatic hydroxyl groups is 1. The largest absolute Gasteiger partial charge is 0.399 e. The highest BCUT2D eigenvalue weighted by Gasteiger charge is 2.04. The molecule has 0 fully saturated rings. The van der Waals surface area contributed by atoms with E-state index < -0.39 is 10.0 Å². The van der Waals surface area contributed by atoms with Gasteiger partial charge in [-0.05, 0) is 24.3 Å². The van der Waals surface area contributed by atoms with Gasteiger partial charge in [-0.3, -0.25) is 0 Å². The molecule has 0 spiro atoms. The highest BCUT2D eigenvalue weighted by Crippen LogP contribution is 2.08. The molecule has 0 bridgehead atoms. The molecule has 0 aromatic heterocycles. The van der Waals surface area contributed by atoms with Crippen LogP contribution in [0.15, 0.2) is 29.2 Å². The summed E-state index contributed by atoms with van der Waals surface area (Å²) in [5.41, 5.74) is 10.9. The molecule has 18 heavy (non-hydrogen) atoms. The lowest BCUT2D eigenvalue weighted by Crippen LogP contribution is -2.11. The molecule has 0 amide bonds. The average Bonchev–Trinajstić information content (AvgIpc) is 2.30. The number of aliphatic hydroxyl groups excluding tert-OH is 1. The van der Waals surface area contributed by atoms with E-state index in [2.05, 4.69) is 0 Å². The van der Waals surface area contributed by atoms with E-state index in [9.17, 15) is 8.42 Å². The highest BCUT2D eigenvalue weighted by molar-refractivity contribution is 7.89. The summed E-state index contributed by atoms with van der Waals surface area (Å²) < 4.78 is 26.1. The van der Waals surface area contributed by atoms with E-state index in [1.807, 2.05) is 0 Å². The molecule has 104 valence electrons. The number of nitrogen functional groups attached to an aromatic ring is 1. The van der Waals surface area contributed by atoms with Crippen molar-refractivity contribution in [1.82, 2.24) is 0 Å². The van der Waals surface area contributed by atoms with Crippen LogP contribution in [0.2, 0.25) is 0 Å². The Hall–Kier alpha value is -1.19. The first-order valence-corrected chi connectivity index (χ1v) is 6.73. The molecule has 0 radical (unpaired) electrons.